The molecule has 0 aliphatic rings. The van der Waals surface area contributed by atoms with Crippen molar-refractivity contribution in [2.45, 2.75) is 20.8 Å². The highest BCUT2D eigenvalue weighted by Gasteiger charge is 2.09. The van der Waals surface area contributed by atoms with Crippen molar-refractivity contribution in [2.24, 2.45) is 0 Å². The predicted octanol–water partition coefficient (Wildman–Crippen LogP) is 0.761. The van der Waals surface area contributed by atoms with E-state index in [1.165, 1.54) is 6.92 Å². The lowest BCUT2D eigenvalue weighted by Crippen LogP contribution is -2.15. The van der Waals surface area contributed by atoms with Gasteiger partial charge in [-0.2, -0.15) is 0 Å². The lowest BCUT2D eigenvalue weighted by atomic mass is 9.86. The molecule has 1 amide bonds. The van der Waals surface area contributed by atoms with E-state index in [2.05, 4.69) is 5.32 Å². The largest absolute Gasteiger partial charge is 0.506 e. The Balaban J connectivity index is 3.25. The van der Waals surface area contributed by atoms with Crippen LogP contribution in [0, 0.1) is 13.8 Å². The van der Waals surface area contributed by atoms with Crippen LogP contribution in [0.2, 0.25) is 0 Å². The first kappa shape index (κ1) is 10.6. The maximum atomic E-state index is 10.8. The van der Waals surface area contributed by atoms with Crippen LogP contribution >= 0.6 is 0 Å². The maximum Gasteiger partial charge on any atom is 0.221 e. The molecule has 0 aromatic heterocycles. The fourth-order valence-corrected chi connectivity index (χ4v) is 1.27. The third-order valence-corrected chi connectivity index (χ3v) is 2.11. The Morgan fingerprint density at radius 3 is 2.57 bits per heavy atom. The fourth-order valence-electron chi connectivity index (χ4n) is 1.27. The number of aryl methyl sites for hydroxylation is 1. The van der Waals surface area contributed by atoms with E-state index in [9.17, 15) is 9.90 Å². The average Bonchev–Trinajstić information content (AvgIpc) is 2.10. The molecule has 2 N–H and O–H groups in total. The number of carbonyl (C=O) groups excluding carboxylic acids is 1. The van der Waals surface area contributed by atoms with Crippen molar-refractivity contribution in [2.75, 3.05) is 5.32 Å². The first-order valence-electron chi connectivity index (χ1n) is 4.29. The molecule has 1 rings (SSSR count). The summed E-state index contributed by atoms with van der Waals surface area (Å²) >= 11 is 0. The van der Waals surface area contributed by atoms with Crippen molar-refractivity contribution >= 4 is 24.9 Å². The zero-order valence-electron chi connectivity index (χ0n) is 8.51. The molecule has 1 aromatic rings. The molecule has 2 radical (unpaired) electrons. The quantitative estimate of drug-likeness (QED) is 0.506. The number of rotatable bonds is 1. The van der Waals surface area contributed by atoms with Gasteiger partial charge in [0.1, 0.15) is 13.6 Å². The Kier molecular flexibility index (Phi) is 2.84. The molecule has 72 valence electrons. The third kappa shape index (κ3) is 1.89. The van der Waals surface area contributed by atoms with Gasteiger partial charge in [0.15, 0.2) is 0 Å². The standard InChI is InChI=1S/C10H12BNO2/c1-5-4-8(12-7(3)13)10(14)6(2)9(5)11/h4,14H,1-3H3,(H,12,13). The number of benzene rings is 1. The molecular formula is C10H12BNO2. The third-order valence-electron chi connectivity index (χ3n) is 2.11. The summed E-state index contributed by atoms with van der Waals surface area (Å²) < 4.78 is 0. The topological polar surface area (TPSA) is 49.3 Å². The van der Waals surface area contributed by atoms with Crippen molar-refractivity contribution < 1.29 is 9.90 Å². The van der Waals surface area contributed by atoms with Crippen LogP contribution in [-0.2, 0) is 4.79 Å². The van der Waals surface area contributed by atoms with Crippen molar-refractivity contribution in [1.82, 2.24) is 0 Å². The fraction of sp³-hybridized carbons (Fsp3) is 0.300. The lowest BCUT2D eigenvalue weighted by Gasteiger charge is -2.12. The number of amides is 1. The van der Waals surface area contributed by atoms with Crippen LogP contribution in [0.3, 0.4) is 0 Å². The second kappa shape index (κ2) is 3.74. The van der Waals surface area contributed by atoms with E-state index < -0.39 is 0 Å². The van der Waals surface area contributed by atoms with Gasteiger partial charge in [0.2, 0.25) is 5.91 Å². The van der Waals surface area contributed by atoms with Crippen LogP contribution in [-0.4, -0.2) is 18.9 Å². The molecule has 0 heterocycles. The number of phenolic OH excluding ortho intramolecular Hbond substituents is 1. The molecule has 14 heavy (non-hydrogen) atoms. The first-order chi connectivity index (χ1) is 6.43. The van der Waals surface area contributed by atoms with Gasteiger partial charge >= 0.3 is 0 Å². The van der Waals surface area contributed by atoms with Gasteiger partial charge in [-0.1, -0.05) is 11.0 Å². The van der Waals surface area contributed by atoms with Crippen LogP contribution in [0.15, 0.2) is 6.07 Å². The number of hydrogen-bond acceptors (Lipinski definition) is 2. The zero-order valence-corrected chi connectivity index (χ0v) is 8.51. The summed E-state index contributed by atoms with van der Waals surface area (Å²) in [7, 11) is 5.71. The molecule has 0 spiro atoms. The SMILES string of the molecule is [B]c1c(C)cc(NC(C)=O)c(O)c1C. The normalized spacial score (nSPS) is 9.93. The zero-order chi connectivity index (χ0) is 10.9. The molecule has 4 heteroatoms. The van der Waals surface area contributed by atoms with Crippen LogP contribution in [0.4, 0.5) is 5.69 Å². The van der Waals surface area contributed by atoms with E-state index in [-0.39, 0.29) is 11.7 Å². The van der Waals surface area contributed by atoms with Crippen LogP contribution in [0.5, 0.6) is 5.75 Å². The van der Waals surface area contributed by atoms with Gasteiger partial charge in [0, 0.05) is 6.92 Å². The van der Waals surface area contributed by atoms with E-state index in [1.54, 1.807) is 13.0 Å². The molecule has 0 saturated carbocycles. The Labute approximate surface area is 84.5 Å². The first-order valence-corrected chi connectivity index (χ1v) is 4.29. The van der Waals surface area contributed by atoms with Gasteiger partial charge < -0.3 is 10.4 Å². The monoisotopic (exact) mass is 189 g/mol. The Bertz CT molecular complexity index is 388. The summed E-state index contributed by atoms with van der Waals surface area (Å²) in [5.74, 6) is -0.188. The summed E-state index contributed by atoms with van der Waals surface area (Å²) in [6, 6.07) is 1.65. The number of nitrogens with one attached hydrogen (secondary N) is 1. The minimum Gasteiger partial charge on any atom is -0.506 e. The minimum absolute atomic E-state index is 0.0308. The molecular weight excluding hydrogens is 177 g/mol. The summed E-state index contributed by atoms with van der Waals surface area (Å²) in [6.07, 6.45) is 0. The van der Waals surface area contributed by atoms with E-state index in [0.29, 0.717) is 16.7 Å². The number of hydrogen-bond donors (Lipinski definition) is 2. The van der Waals surface area contributed by atoms with Crippen LogP contribution in [0.1, 0.15) is 18.1 Å². The summed E-state index contributed by atoms with van der Waals surface area (Å²) in [6.45, 7) is 4.93. The molecule has 3 nitrogen and oxygen atoms in total. The van der Waals surface area contributed by atoms with E-state index in [0.717, 1.165) is 5.56 Å². The van der Waals surface area contributed by atoms with E-state index in [4.69, 9.17) is 7.85 Å². The molecule has 0 bridgehead atoms. The van der Waals surface area contributed by atoms with Gasteiger partial charge in [-0.3, -0.25) is 4.79 Å². The van der Waals surface area contributed by atoms with Crippen molar-refractivity contribution in [1.29, 1.82) is 0 Å². The molecule has 0 aliphatic carbocycles. The molecule has 0 atom stereocenters. The lowest BCUT2D eigenvalue weighted by molar-refractivity contribution is -0.114. The highest BCUT2D eigenvalue weighted by Crippen LogP contribution is 2.26. The molecule has 0 unspecified atom stereocenters. The van der Waals surface area contributed by atoms with Crippen LogP contribution in [0.25, 0.3) is 0 Å². The second-order valence-corrected chi connectivity index (χ2v) is 3.31. The highest BCUT2D eigenvalue weighted by atomic mass is 16.3. The summed E-state index contributed by atoms with van der Waals surface area (Å²) in [5, 5.41) is 12.2. The minimum atomic E-state index is -0.219. The van der Waals surface area contributed by atoms with Gasteiger partial charge in [-0.25, -0.2) is 0 Å². The summed E-state index contributed by atoms with van der Waals surface area (Å²) in [4.78, 5) is 10.8. The van der Waals surface area contributed by atoms with Crippen molar-refractivity contribution in [3.05, 3.63) is 17.2 Å². The number of aromatic hydroxyl groups is 1. The van der Waals surface area contributed by atoms with Gasteiger partial charge in [0.05, 0.1) is 5.69 Å². The molecule has 0 fully saturated rings. The van der Waals surface area contributed by atoms with Gasteiger partial charge in [-0.15, -0.1) is 0 Å². The maximum absolute atomic E-state index is 10.8. The molecule has 1 aromatic carbocycles. The predicted molar refractivity (Wildman–Crippen MR) is 57.3 cm³/mol. The second-order valence-electron chi connectivity index (χ2n) is 3.31. The van der Waals surface area contributed by atoms with Crippen molar-refractivity contribution in [3.63, 3.8) is 0 Å². The average molecular weight is 189 g/mol. The van der Waals surface area contributed by atoms with Crippen molar-refractivity contribution in [3.8, 4) is 5.75 Å². The Hall–Kier alpha value is -1.45. The Morgan fingerprint density at radius 1 is 1.50 bits per heavy atom. The van der Waals surface area contributed by atoms with Crippen LogP contribution < -0.4 is 10.8 Å². The molecule has 0 saturated heterocycles. The Morgan fingerprint density at radius 2 is 2.07 bits per heavy atom. The smallest absolute Gasteiger partial charge is 0.221 e. The molecule has 0 aliphatic heterocycles. The van der Waals surface area contributed by atoms with E-state index >= 15 is 0 Å². The van der Waals surface area contributed by atoms with Gasteiger partial charge in [-0.05, 0) is 25.5 Å². The highest BCUT2D eigenvalue weighted by molar-refractivity contribution is 6.34. The number of phenols is 1. The summed E-state index contributed by atoms with van der Waals surface area (Å²) in [5.41, 5.74) is 2.39. The van der Waals surface area contributed by atoms with Gasteiger partial charge in [0.25, 0.3) is 0 Å². The number of anilines is 1. The number of carbonyl (C=O) groups is 1. The van der Waals surface area contributed by atoms with E-state index in [1.807, 2.05) is 6.92 Å².